The lowest BCUT2D eigenvalue weighted by atomic mass is 9.91. The van der Waals surface area contributed by atoms with Gasteiger partial charge in [-0.1, -0.05) is 116 Å². The summed E-state index contributed by atoms with van der Waals surface area (Å²) in [5.41, 5.74) is 0. The van der Waals surface area contributed by atoms with Gasteiger partial charge in [0.2, 0.25) is 0 Å². The molecule has 0 N–H and O–H groups in total. The van der Waals surface area contributed by atoms with E-state index in [-0.39, 0.29) is 5.97 Å². The minimum atomic E-state index is -0.0413. The molecule has 0 heterocycles. The van der Waals surface area contributed by atoms with Gasteiger partial charge in [0.15, 0.2) is 0 Å². The molecule has 0 aromatic rings. The molecule has 0 aliphatic heterocycles. The molecule has 2 heteroatoms. The third-order valence-corrected chi connectivity index (χ3v) is 5.25. The van der Waals surface area contributed by atoms with Crippen LogP contribution in [0, 0.1) is 5.92 Å². The largest absolute Gasteiger partial charge is 0.461 e. The van der Waals surface area contributed by atoms with E-state index in [4.69, 9.17) is 4.74 Å². The number of ether oxygens (including phenoxy) is 1. The molecule has 0 rings (SSSR count). The Morgan fingerprint density at radius 2 is 1.19 bits per heavy atom. The molecule has 0 saturated carbocycles. The number of rotatable bonds is 20. The lowest BCUT2D eigenvalue weighted by molar-refractivity contribution is -0.143. The quantitative estimate of drug-likeness (QED) is 0.124. The zero-order valence-electron chi connectivity index (χ0n) is 17.9. The average molecular weight is 367 g/mol. The highest BCUT2D eigenvalue weighted by Gasteiger charge is 2.14. The maximum Gasteiger partial charge on any atom is 0.306 e. The molecule has 1 atom stereocenters. The first kappa shape index (κ1) is 25.2. The molecule has 0 fully saturated rings. The molecule has 154 valence electrons. The first-order valence-corrected chi connectivity index (χ1v) is 11.5. The maximum absolute atomic E-state index is 12.0. The second-order valence-corrected chi connectivity index (χ2v) is 7.86. The summed E-state index contributed by atoms with van der Waals surface area (Å²) in [6, 6.07) is 0. The first-order valence-electron chi connectivity index (χ1n) is 11.5. The van der Waals surface area contributed by atoms with Crippen LogP contribution in [0.5, 0.6) is 0 Å². The molecule has 0 aromatic heterocycles. The number of esters is 1. The normalized spacial score (nSPS) is 12.1. The smallest absolute Gasteiger partial charge is 0.306 e. The standard InChI is InChI=1S/C24H46O2/c1-4-7-9-11-13-14-16-18-20-23(22-24(25)26-21-6-3)19-17-15-12-10-8-5-2/h6,23H,3-5,7-22H2,1-2H3. The fourth-order valence-corrected chi connectivity index (χ4v) is 3.58. The highest BCUT2D eigenvalue weighted by molar-refractivity contribution is 5.69. The van der Waals surface area contributed by atoms with Gasteiger partial charge in [-0.05, 0) is 18.8 Å². The van der Waals surface area contributed by atoms with Gasteiger partial charge in [-0.2, -0.15) is 0 Å². The van der Waals surface area contributed by atoms with Crippen LogP contribution in [0.3, 0.4) is 0 Å². The summed E-state index contributed by atoms with van der Waals surface area (Å²) >= 11 is 0. The van der Waals surface area contributed by atoms with E-state index in [0.717, 1.165) is 0 Å². The van der Waals surface area contributed by atoms with Crippen LogP contribution in [0.15, 0.2) is 12.7 Å². The van der Waals surface area contributed by atoms with Crippen molar-refractivity contribution in [1.82, 2.24) is 0 Å². The Morgan fingerprint density at radius 1 is 0.769 bits per heavy atom. The molecule has 0 radical (unpaired) electrons. The van der Waals surface area contributed by atoms with E-state index >= 15 is 0 Å². The predicted octanol–water partition coefficient (Wildman–Crippen LogP) is 8.00. The van der Waals surface area contributed by atoms with Gasteiger partial charge in [0.05, 0.1) is 0 Å². The van der Waals surface area contributed by atoms with E-state index in [1.165, 1.54) is 103 Å². The van der Waals surface area contributed by atoms with Gasteiger partial charge in [-0.3, -0.25) is 4.79 Å². The Labute approximate surface area is 164 Å². The van der Waals surface area contributed by atoms with Crippen LogP contribution in [-0.4, -0.2) is 12.6 Å². The monoisotopic (exact) mass is 366 g/mol. The number of carbonyl (C=O) groups excluding carboxylic acids is 1. The summed E-state index contributed by atoms with van der Waals surface area (Å²) in [6.07, 6.45) is 23.4. The fraction of sp³-hybridized carbons (Fsp3) is 0.875. The van der Waals surface area contributed by atoms with Gasteiger partial charge in [0.1, 0.15) is 6.61 Å². The molecule has 0 bridgehead atoms. The lowest BCUT2D eigenvalue weighted by Gasteiger charge is -2.16. The molecule has 0 aromatic carbocycles. The third-order valence-electron chi connectivity index (χ3n) is 5.25. The lowest BCUT2D eigenvalue weighted by Crippen LogP contribution is -2.12. The number of unbranched alkanes of at least 4 members (excludes halogenated alkanes) is 12. The minimum absolute atomic E-state index is 0.0413. The third kappa shape index (κ3) is 18.0. The molecule has 0 spiro atoms. The van der Waals surface area contributed by atoms with Crippen molar-refractivity contribution in [2.75, 3.05) is 6.61 Å². The molecule has 0 saturated heterocycles. The van der Waals surface area contributed by atoms with Crippen molar-refractivity contribution in [3.05, 3.63) is 12.7 Å². The minimum Gasteiger partial charge on any atom is -0.461 e. The van der Waals surface area contributed by atoms with Crippen LogP contribution in [-0.2, 0) is 9.53 Å². The van der Waals surface area contributed by atoms with Crippen molar-refractivity contribution in [3.63, 3.8) is 0 Å². The zero-order chi connectivity index (χ0) is 19.3. The summed E-state index contributed by atoms with van der Waals surface area (Å²) in [7, 11) is 0. The van der Waals surface area contributed by atoms with E-state index in [0.29, 0.717) is 18.9 Å². The molecular weight excluding hydrogens is 320 g/mol. The van der Waals surface area contributed by atoms with Crippen LogP contribution in [0.1, 0.15) is 123 Å². The van der Waals surface area contributed by atoms with Gasteiger partial charge in [-0.15, -0.1) is 0 Å². The highest BCUT2D eigenvalue weighted by atomic mass is 16.5. The summed E-state index contributed by atoms with van der Waals surface area (Å²) < 4.78 is 5.21. The molecule has 1 unspecified atom stereocenters. The summed E-state index contributed by atoms with van der Waals surface area (Å²) in [5, 5.41) is 0. The van der Waals surface area contributed by atoms with Crippen molar-refractivity contribution in [2.24, 2.45) is 5.92 Å². The van der Waals surface area contributed by atoms with E-state index < -0.39 is 0 Å². The fourth-order valence-electron chi connectivity index (χ4n) is 3.58. The summed E-state index contributed by atoms with van der Waals surface area (Å²) in [5.74, 6) is 0.471. The van der Waals surface area contributed by atoms with E-state index in [2.05, 4.69) is 20.4 Å². The van der Waals surface area contributed by atoms with Gasteiger partial charge >= 0.3 is 5.97 Å². The van der Waals surface area contributed by atoms with Crippen molar-refractivity contribution < 1.29 is 9.53 Å². The Balaban J connectivity index is 3.91. The maximum atomic E-state index is 12.0. The Kier molecular flexibility index (Phi) is 19.9. The van der Waals surface area contributed by atoms with Gasteiger partial charge in [0.25, 0.3) is 0 Å². The average Bonchev–Trinajstić information content (AvgIpc) is 2.64. The zero-order valence-corrected chi connectivity index (χ0v) is 17.9. The predicted molar refractivity (Wildman–Crippen MR) is 114 cm³/mol. The Bertz CT molecular complexity index is 311. The van der Waals surface area contributed by atoms with Crippen LogP contribution in [0.25, 0.3) is 0 Å². The molecule has 2 nitrogen and oxygen atoms in total. The highest BCUT2D eigenvalue weighted by Crippen LogP contribution is 2.22. The van der Waals surface area contributed by atoms with E-state index in [9.17, 15) is 4.79 Å². The molecule has 0 aliphatic carbocycles. The SMILES string of the molecule is C=CCOC(=O)CC(CCCCCCCC)CCCCCCCCCC. The van der Waals surface area contributed by atoms with E-state index in [1.54, 1.807) is 6.08 Å². The number of hydrogen-bond acceptors (Lipinski definition) is 2. The van der Waals surface area contributed by atoms with Gasteiger partial charge in [-0.25, -0.2) is 0 Å². The van der Waals surface area contributed by atoms with Gasteiger partial charge < -0.3 is 4.74 Å². The number of hydrogen-bond donors (Lipinski definition) is 0. The molecular formula is C24H46O2. The summed E-state index contributed by atoms with van der Waals surface area (Å²) in [4.78, 5) is 12.0. The van der Waals surface area contributed by atoms with Crippen LogP contribution in [0.2, 0.25) is 0 Å². The topological polar surface area (TPSA) is 26.3 Å². The molecule has 0 aliphatic rings. The van der Waals surface area contributed by atoms with Crippen molar-refractivity contribution in [3.8, 4) is 0 Å². The van der Waals surface area contributed by atoms with Crippen LogP contribution in [0.4, 0.5) is 0 Å². The van der Waals surface area contributed by atoms with Crippen molar-refractivity contribution >= 4 is 5.97 Å². The van der Waals surface area contributed by atoms with E-state index in [1.807, 2.05) is 0 Å². The van der Waals surface area contributed by atoms with Gasteiger partial charge in [0, 0.05) is 6.42 Å². The molecule has 26 heavy (non-hydrogen) atoms. The van der Waals surface area contributed by atoms with Crippen LogP contribution < -0.4 is 0 Å². The number of carbonyl (C=O) groups is 1. The second kappa shape index (κ2) is 20.5. The summed E-state index contributed by atoms with van der Waals surface area (Å²) in [6.45, 7) is 8.49. The molecule has 0 amide bonds. The first-order chi connectivity index (χ1) is 12.7. The Morgan fingerprint density at radius 3 is 1.62 bits per heavy atom. The van der Waals surface area contributed by atoms with Crippen LogP contribution >= 0.6 is 0 Å². The van der Waals surface area contributed by atoms with Crippen molar-refractivity contribution in [2.45, 2.75) is 123 Å². The van der Waals surface area contributed by atoms with Crippen molar-refractivity contribution in [1.29, 1.82) is 0 Å². The second-order valence-electron chi connectivity index (χ2n) is 7.86. The Hall–Kier alpha value is -0.790.